The van der Waals surface area contributed by atoms with Crippen LogP contribution in [0.25, 0.3) is 0 Å². The van der Waals surface area contributed by atoms with Crippen molar-refractivity contribution in [2.45, 2.75) is 32.7 Å². The molecule has 0 aromatic carbocycles. The van der Waals surface area contributed by atoms with Gasteiger partial charge in [-0.25, -0.2) is 4.98 Å². The van der Waals surface area contributed by atoms with Gasteiger partial charge in [0.1, 0.15) is 5.76 Å². The van der Waals surface area contributed by atoms with Crippen molar-refractivity contribution in [2.24, 2.45) is 5.73 Å². The van der Waals surface area contributed by atoms with E-state index in [0.717, 1.165) is 0 Å². The monoisotopic (exact) mass is 182 g/mol. The molecule has 0 saturated carbocycles. The van der Waals surface area contributed by atoms with Crippen LogP contribution in [0.1, 0.15) is 36.7 Å². The van der Waals surface area contributed by atoms with Crippen LogP contribution in [0.2, 0.25) is 0 Å². The van der Waals surface area contributed by atoms with Gasteiger partial charge in [-0.2, -0.15) is 0 Å². The zero-order valence-corrected chi connectivity index (χ0v) is 8.13. The van der Waals surface area contributed by atoms with E-state index >= 15 is 0 Å². The lowest BCUT2D eigenvalue weighted by Gasteiger charge is -2.15. The van der Waals surface area contributed by atoms with Crippen molar-refractivity contribution in [3.05, 3.63) is 17.8 Å². The number of aromatic nitrogens is 1. The average Bonchev–Trinajstić information content (AvgIpc) is 2.31. The second-order valence-electron chi connectivity index (χ2n) is 3.86. The number of ketones is 1. The molecule has 0 unspecified atom stereocenters. The highest BCUT2D eigenvalue weighted by molar-refractivity contribution is 5.92. The maximum atomic E-state index is 11.4. The Bertz CT molecular complexity index is 310. The molecule has 0 aliphatic carbocycles. The lowest BCUT2D eigenvalue weighted by atomic mass is 9.99. The number of rotatable bonds is 3. The molecule has 0 spiro atoms. The summed E-state index contributed by atoms with van der Waals surface area (Å²) in [6, 6.07) is 0. The summed E-state index contributed by atoms with van der Waals surface area (Å²) in [5, 5.41) is 0. The second kappa shape index (κ2) is 3.30. The van der Waals surface area contributed by atoms with E-state index in [1.165, 1.54) is 6.20 Å². The summed E-state index contributed by atoms with van der Waals surface area (Å²) in [4.78, 5) is 15.3. The van der Waals surface area contributed by atoms with Crippen molar-refractivity contribution in [1.82, 2.24) is 4.98 Å². The zero-order chi connectivity index (χ0) is 10.1. The van der Waals surface area contributed by atoms with Gasteiger partial charge in [-0.1, -0.05) is 0 Å². The van der Waals surface area contributed by atoms with Gasteiger partial charge in [0.2, 0.25) is 5.78 Å². The highest BCUT2D eigenvalue weighted by atomic mass is 16.4. The van der Waals surface area contributed by atoms with Crippen LogP contribution < -0.4 is 5.73 Å². The van der Waals surface area contributed by atoms with Gasteiger partial charge >= 0.3 is 0 Å². The first kappa shape index (κ1) is 9.92. The maximum absolute atomic E-state index is 11.4. The molecule has 13 heavy (non-hydrogen) atoms. The molecule has 1 aromatic rings. The van der Waals surface area contributed by atoms with Gasteiger partial charge in [0.15, 0.2) is 0 Å². The van der Waals surface area contributed by atoms with Crippen molar-refractivity contribution in [3.8, 4) is 0 Å². The third-order valence-electron chi connectivity index (χ3n) is 1.48. The Morgan fingerprint density at radius 3 is 2.69 bits per heavy atom. The minimum atomic E-state index is -0.514. The first-order valence-electron chi connectivity index (χ1n) is 4.13. The smallest absolute Gasteiger partial charge is 0.263 e. The van der Waals surface area contributed by atoms with Crippen molar-refractivity contribution in [2.75, 3.05) is 0 Å². The van der Waals surface area contributed by atoms with Crippen molar-refractivity contribution >= 4 is 5.78 Å². The summed E-state index contributed by atoms with van der Waals surface area (Å²) < 4.78 is 5.07. The molecular weight excluding hydrogens is 168 g/mol. The molecule has 0 aliphatic heterocycles. The third kappa shape index (κ3) is 2.99. The van der Waals surface area contributed by atoms with Crippen molar-refractivity contribution in [1.29, 1.82) is 0 Å². The quantitative estimate of drug-likeness (QED) is 0.715. The minimum Gasteiger partial charge on any atom is -0.439 e. The van der Waals surface area contributed by atoms with Gasteiger partial charge < -0.3 is 10.2 Å². The van der Waals surface area contributed by atoms with Crippen LogP contribution in [-0.2, 0) is 0 Å². The van der Waals surface area contributed by atoms with Crippen LogP contribution >= 0.6 is 0 Å². The molecule has 72 valence electrons. The molecule has 0 radical (unpaired) electrons. The fourth-order valence-electron chi connectivity index (χ4n) is 0.973. The number of hydrogen-bond acceptors (Lipinski definition) is 4. The molecule has 0 bridgehead atoms. The lowest BCUT2D eigenvalue weighted by molar-refractivity contribution is 0.0925. The van der Waals surface area contributed by atoms with E-state index < -0.39 is 5.54 Å². The molecule has 1 aromatic heterocycles. The number of nitrogens with zero attached hydrogens (tertiary/aromatic N) is 1. The van der Waals surface area contributed by atoms with Crippen molar-refractivity contribution in [3.63, 3.8) is 0 Å². The highest BCUT2D eigenvalue weighted by Gasteiger charge is 2.20. The Hall–Kier alpha value is -1.16. The van der Waals surface area contributed by atoms with Gasteiger partial charge in [-0.15, -0.1) is 0 Å². The van der Waals surface area contributed by atoms with E-state index in [2.05, 4.69) is 4.98 Å². The summed E-state index contributed by atoms with van der Waals surface area (Å²) in [6.45, 7) is 5.33. The molecule has 2 N–H and O–H groups in total. The van der Waals surface area contributed by atoms with Crippen LogP contribution in [0.5, 0.6) is 0 Å². The van der Waals surface area contributed by atoms with Crippen LogP contribution in [0.15, 0.2) is 10.6 Å². The Kier molecular flexibility index (Phi) is 2.52. The van der Waals surface area contributed by atoms with Crippen molar-refractivity contribution < 1.29 is 9.21 Å². The Morgan fingerprint density at radius 1 is 1.69 bits per heavy atom. The Morgan fingerprint density at radius 2 is 2.31 bits per heavy atom. The zero-order valence-electron chi connectivity index (χ0n) is 8.13. The van der Waals surface area contributed by atoms with Gasteiger partial charge in [-0.05, 0) is 20.8 Å². The molecule has 0 saturated heterocycles. The number of aryl methyl sites for hydroxylation is 1. The molecule has 0 aliphatic rings. The summed E-state index contributed by atoms with van der Waals surface area (Å²) in [5.74, 6) is 0.634. The molecule has 0 fully saturated rings. The number of nitrogens with two attached hydrogens (primary N) is 1. The first-order chi connectivity index (χ1) is 5.88. The fourth-order valence-corrected chi connectivity index (χ4v) is 0.973. The van der Waals surface area contributed by atoms with Gasteiger partial charge in [0, 0.05) is 12.0 Å². The average molecular weight is 182 g/mol. The predicted octanol–water partition coefficient (Wildman–Crippen LogP) is 1.29. The topological polar surface area (TPSA) is 69.1 Å². The van der Waals surface area contributed by atoms with Gasteiger partial charge in [-0.3, -0.25) is 4.79 Å². The third-order valence-corrected chi connectivity index (χ3v) is 1.48. The predicted molar refractivity (Wildman–Crippen MR) is 48.5 cm³/mol. The van der Waals surface area contributed by atoms with E-state index in [1.807, 2.05) is 0 Å². The van der Waals surface area contributed by atoms with Crippen LogP contribution in [0, 0.1) is 6.92 Å². The van der Waals surface area contributed by atoms with Crippen LogP contribution in [-0.4, -0.2) is 16.3 Å². The van der Waals surface area contributed by atoms with E-state index in [-0.39, 0.29) is 18.1 Å². The second-order valence-corrected chi connectivity index (χ2v) is 3.86. The summed E-state index contributed by atoms with van der Waals surface area (Å²) in [7, 11) is 0. The maximum Gasteiger partial charge on any atom is 0.263 e. The molecule has 1 rings (SSSR count). The summed E-state index contributed by atoms with van der Waals surface area (Å²) >= 11 is 0. The van der Waals surface area contributed by atoms with E-state index in [9.17, 15) is 4.79 Å². The van der Waals surface area contributed by atoms with Crippen LogP contribution in [0.4, 0.5) is 0 Å². The summed E-state index contributed by atoms with van der Waals surface area (Å²) in [5.41, 5.74) is 5.18. The number of hydrogen-bond donors (Lipinski definition) is 1. The lowest BCUT2D eigenvalue weighted by Crippen LogP contribution is -2.34. The number of oxazole rings is 1. The summed E-state index contributed by atoms with van der Waals surface area (Å²) in [6.07, 6.45) is 1.77. The van der Waals surface area contributed by atoms with Gasteiger partial charge in [0.25, 0.3) is 5.89 Å². The molecule has 4 heteroatoms. The van der Waals surface area contributed by atoms with Gasteiger partial charge in [0.05, 0.1) is 6.20 Å². The largest absolute Gasteiger partial charge is 0.439 e. The van der Waals surface area contributed by atoms with Crippen LogP contribution in [0.3, 0.4) is 0 Å². The molecule has 1 heterocycles. The normalized spacial score (nSPS) is 11.7. The molecule has 4 nitrogen and oxygen atoms in total. The fraction of sp³-hybridized carbons (Fsp3) is 0.556. The molecule has 0 amide bonds. The highest BCUT2D eigenvalue weighted by Crippen LogP contribution is 2.10. The van der Waals surface area contributed by atoms with E-state index in [1.54, 1.807) is 20.8 Å². The number of carbonyl (C=O) groups is 1. The minimum absolute atomic E-state index is 0.149. The molecular formula is C9H14N2O2. The van der Waals surface area contributed by atoms with E-state index in [4.69, 9.17) is 10.2 Å². The first-order valence-corrected chi connectivity index (χ1v) is 4.13. The standard InChI is InChI=1S/C9H14N2O2/c1-6-5-11-8(13-6)7(12)4-9(2,3)10/h5H,4,10H2,1-3H3. The Labute approximate surface area is 77.1 Å². The number of Topliss-reactive ketones (excluding diaryl/α,β-unsaturated/α-hetero) is 1. The molecule has 0 atom stereocenters. The van der Waals surface area contributed by atoms with E-state index in [0.29, 0.717) is 5.76 Å². The SMILES string of the molecule is Cc1cnc(C(=O)CC(C)(C)N)o1. The number of carbonyl (C=O) groups excluding carboxylic acids is 1. The Balaban J connectivity index is 2.70.